The van der Waals surface area contributed by atoms with Crippen LogP contribution in [-0.4, -0.2) is 87.8 Å². The van der Waals surface area contributed by atoms with E-state index in [0.717, 1.165) is 64.1 Å². The van der Waals surface area contributed by atoms with Gasteiger partial charge in [0, 0.05) is 38.4 Å². The molecule has 4 heterocycles. The van der Waals surface area contributed by atoms with Gasteiger partial charge in [0.2, 0.25) is 5.95 Å². The number of benzene rings is 1. The van der Waals surface area contributed by atoms with Crippen LogP contribution in [0.15, 0.2) is 42.6 Å². The first-order valence-electron chi connectivity index (χ1n) is 14.8. The van der Waals surface area contributed by atoms with Crippen molar-refractivity contribution in [1.82, 2.24) is 19.8 Å². The highest BCUT2D eigenvalue weighted by molar-refractivity contribution is 5.71. The second-order valence-corrected chi connectivity index (χ2v) is 11.2. The average Bonchev–Trinajstić information content (AvgIpc) is 3.30. The molecule has 216 valence electrons. The topological polar surface area (TPSA) is 111 Å². The van der Waals surface area contributed by atoms with Gasteiger partial charge in [-0.15, -0.1) is 0 Å². The van der Waals surface area contributed by atoms with Gasteiger partial charge in [0.1, 0.15) is 11.9 Å². The Morgan fingerprint density at radius 2 is 1.82 bits per heavy atom. The van der Waals surface area contributed by atoms with Gasteiger partial charge in [-0.2, -0.15) is 4.98 Å². The summed E-state index contributed by atoms with van der Waals surface area (Å²) in [4.78, 5) is 40.3. The van der Waals surface area contributed by atoms with Gasteiger partial charge in [0.25, 0.3) is 0 Å². The highest BCUT2D eigenvalue weighted by atomic mass is 16.6. The highest BCUT2D eigenvalue weighted by Gasteiger charge is 2.46. The first-order valence-corrected chi connectivity index (χ1v) is 14.8. The quantitative estimate of drug-likeness (QED) is 0.424. The van der Waals surface area contributed by atoms with Crippen LogP contribution in [0.25, 0.3) is 0 Å². The molecule has 3 saturated heterocycles. The van der Waals surface area contributed by atoms with Crippen LogP contribution >= 0.6 is 0 Å². The Morgan fingerprint density at radius 1 is 1.07 bits per heavy atom. The number of aliphatic carboxylic acids is 1. The Kier molecular flexibility index (Phi) is 9.36. The summed E-state index contributed by atoms with van der Waals surface area (Å²) in [5, 5.41) is 12.6. The van der Waals surface area contributed by atoms with E-state index in [0.29, 0.717) is 31.9 Å². The summed E-state index contributed by atoms with van der Waals surface area (Å²) in [6, 6.07) is 12.4. The third kappa shape index (κ3) is 6.83. The number of carbonyl (C=O) groups is 2. The molecule has 0 radical (unpaired) electrons. The van der Waals surface area contributed by atoms with Crippen LogP contribution in [0.2, 0.25) is 0 Å². The number of hydrogen-bond donors (Lipinski definition) is 2. The summed E-state index contributed by atoms with van der Waals surface area (Å²) < 4.78 is 5.99. The molecule has 2 atom stereocenters. The fourth-order valence-corrected chi connectivity index (χ4v) is 6.28. The largest absolute Gasteiger partial charge is 0.481 e. The Labute approximate surface area is 236 Å². The van der Waals surface area contributed by atoms with E-state index in [1.54, 1.807) is 6.20 Å². The SMILES string of the molecule is CCCCC1C(CN2CCC(C(=O)O)CC2)OC(=O)N1C1CCN(c2ccnc(NCc3ccccc3)n2)CC1. The van der Waals surface area contributed by atoms with Gasteiger partial charge in [0.05, 0.1) is 12.0 Å². The van der Waals surface area contributed by atoms with E-state index in [9.17, 15) is 14.7 Å². The Bertz CT molecular complexity index is 1120. The minimum Gasteiger partial charge on any atom is -0.481 e. The lowest BCUT2D eigenvalue weighted by atomic mass is 9.95. The van der Waals surface area contributed by atoms with Gasteiger partial charge < -0.3 is 20.1 Å². The lowest BCUT2D eigenvalue weighted by Gasteiger charge is -2.39. The molecule has 3 fully saturated rings. The summed E-state index contributed by atoms with van der Waals surface area (Å²) in [6.45, 7) is 6.64. The molecule has 2 unspecified atom stereocenters. The number of piperidine rings is 2. The van der Waals surface area contributed by atoms with Gasteiger partial charge in [-0.25, -0.2) is 9.78 Å². The number of rotatable bonds is 11. The standard InChI is InChI=1S/C30H42N6O4/c1-2-3-9-25-26(21-34-16-11-23(12-17-34)28(37)38)40-30(39)36(25)24-13-18-35(19-14-24)27-10-15-31-29(33-27)32-20-22-7-5-4-6-8-22/h4-8,10,15,23-26H,2-3,9,11-14,16-21H2,1H3,(H,37,38)(H,31,32,33). The molecule has 1 amide bonds. The molecule has 0 bridgehead atoms. The molecular formula is C30H42N6O4. The second-order valence-electron chi connectivity index (χ2n) is 11.2. The molecule has 2 aromatic rings. The number of carboxylic acid groups (broad SMARTS) is 1. The number of unbranched alkanes of at least 4 members (excludes halogenated alkanes) is 1. The number of nitrogens with zero attached hydrogens (tertiary/aromatic N) is 5. The number of anilines is 2. The van der Waals surface area contributed by atoms with E-state index < -0.39 is 5.97 Å². The van der Waals surface area contributed by atoms with Crippen LogP contribution in [-0.2, 0) is 16.1 Å². The molecule has 40 heavy (non-hydrogen) atoms. The van der Waals surface area contributed by atoms with Crippen molar-refractivity contribution in [3.8, 4) is 0 Å². The van der Waals surface area contributed by atoms with Crippen molar-refractivity contribution in [2.75, 3.05) is 42.9 Å². The zero-order chi connectivity index (χ0) is 27.9. The summed E-state index contributed by atoms with van der Waals surface area (Å²) in [5.41, 5.74) is 1.18. The summed E-state index contributed by atoms with van der Waals surface area (Å²) in [5.74, 6) is 0.553. The third-order valence-corrected chi connectivity index (χ3v) is 8.59. The highest BCUT2D eigenvalue weighted by Crippen LogP contribution is 2.32. The predicted molar refractivity (Wildman–Crippen MR) is 153 cm³/mol. The monoisotopic (exact) mass is 550 g/mol. The van der Waals surface area contributed by atoms with E-state index in [4.69, 9.17) is 9.72 Å². The lowest BCUT2D eigenvalue weighted by Crippen LogP contribution is -2.51. The van der Waals surface area contributed by atoms with E-state index in [2.05, 4.69) is 39.2 Å². The van der Waals surface area contributed by atoms with Gasteiger partial charge >= 0.3 is 12.1 Å². The zero-order valence-corrected chi connectivity index (χ0v) is 23.5. The maximum absolute atomic E-state index is 13.2. The molecule has 10 heteroatoms. The maximum Gasteiger partial charge on any atom is 0.410 e. The van der Waals surface area contributed by atoms with E-state index in [1.807, 2.05) is 29.2 Å². The fraction of sp³-hybridized carbons (Fsp3) is 0.600. The third-order valence-electron chi connectivity index (χ3n) is 8.59. The molecule has 1 aromatic carbocycles. The lowest BCUT2D eigenvalue weighted by molar-refractivity contribution is -0.143. The number of ether oxygens (including phenoxy) is 1. The average molecular weight is 551 g/mol. The van der Waals surface area contributed by atoms with Gasteiger partial charge in [-0.1, -0.05) is 50.1 Å². The molecule has 5 rings (SSSR count). The normalized spacial score (nSPS) is 22.9. The van der Waals surface area contributed by atoms with E-state index in [-0.39, 0.29) is 30.2 Å². The van der Waals surface area contributed by atoms with Crippen LogP contribution in [0.4, 0.5) is 16.6 Å². The Hall–Kier alpha value is -3.40. The number of hydrogen-bond acceptors (Lipinski definition) is 8. The number of amides is 1. The Balaban J connectivity index is 1.17. The number of likely N-dealkylation sites (tertiary alicyclic amines) is 1. The fourth-order valence-electron chi connectivity index (χ4n) is 6.28. The van der Waals surface area contributed by atoms with Crippen LogP contribution in [0.3, 0.4) is 0 Å². The summed E-state index contributed by atoms with van der Waals surface area (Å²) in [7, 11) is 0. The molecule has 3 aliphatic heterocycles. The first-order chi connectivity index (χ1) is 19.5. The number of nitrogens with one attached hydrogen (secondary N) is 1. The molecule has 0 spiro atoms. The number of carbonyl (C=O) groups excluding carboxylic acids is 1. The minimum atomic E-state index is -0.702. The second kappa shape index (κ2) is 13.3. The molecule has 0 saturated carbocycles. The summed E-state index contributed by atoms with van der Waals surface area (Å²) in [6.07, 6.45) is 7.53. The van der Waals surface area contributed by atoms with Crippen LogP contribution in [0, 0.1) is 5.92 Å². The van der Waals surface area contributed by atoms with Crippen molar-refractivity contribution in [1.29, 1.82) is 0 Å². The van der Waals surface area contributed by atoms with Crippen molar-refractivity contribution in [3.05, 3.63) is 48.2 Å². The molecular weight excluding hydrogens is 508 g/mol. The minimum absolute atomic E-state index is 0.0639. The van der Waals surface area contributed by atoms with Gasteiger partial charge in [-0.3, -0.25) is 14.6 Å². The van der Waals surface area contributed by atoms with E-state index >= 15 is 0 Å². The van der Waals surface area contributed by atoms with Crippen molar-refractivity contribution in [2.24, 2.45) is 5.92 Å². The first kappa shape index (κ1) is 28.1. The molecule has 3 aliphatic rings. The number of cyclic esters (lactones) is 1. The zero-order valence-electron chi connectivity index (χ0n) is 23.5. The molecule has 10 nitrogen and oxygen atoms in total. The van der Waals surface area contributed by atoms with Crippen molar-refractivity contribution >= 4 is 23.8 Å². The van der Waals surface area contributed by atoms with Crippen molar-refractivity contribution < 1.29 is 19.4 Å². The maximum atomic E-state index is 13.2. The molecule has 2 N–H and O–H groups in total. The van der Waals surface area contributed by atoms with Gasteiger partial charge in [-0.05, 0) is 56.8 Å². The molecule has 1 aromatic heterocycles. The van der Waals surface area contributed by atoms with Crippen LogP contribution in [0.5, 0.6) is 0 Å². The predicted octanol–water partition coefficient (Wildman–Crippen LogP) is 4.23. The van der Waals surface area contributed by atoms with Crippen LogP contribution < -0.4 is 10.2 Å². The van der Waals surface area contributed by atoms with E-state index in [1.165, 1.54) is 5.56 Å². The summed E-state index contributed by atoms with van der Waals surface area (Å²) >= 11 is 0. The van der Waals surface area contributed by atoms with Crippen molar-refractivity contribution in [3.63, 3.8) is 0 Å². The molecule has 0 aliphatic carbocycles. The van der Waals surface area contributed by atoms with Crippen molar-refractivity contribution in [2.45, 2.75) is 76.6 Å². The Morgan fingerprint density at radius 3 is 2.52 bits per heavy atom. The smallest absolute Gasteiger partial charge is 0.410 e. The van der Waals surface area contributed by atoms with Crippen LogP contribution in [0.1, 0.15) is 57.4 Å². The number of aromatic nitrogens is 2. The van der Waals surface area contributed by atoms with Gasteiger partial charge in [0.15, 0.2) is 0 Å². The number of carboxylic acids is 1.